The van der Waals surface area contributed by atoms with Crippen LogP contribution >= 0.6 is 0 Å². The molecule has 0 amide bonds. The standard InChI is InChI=1S/C13H17BF2O3/c1-12(2)13(3,4)19-14(18-12)9-7-5-6-8-10(9)17-11(15)16/h5-8,11H,1-4H3. The van der Waals surface area contributed by atoms with Crippen LogP contribution in [0.1, 0.15) is 27.7 Å². The van der Waals surface area contributed by atoms with Gasteiger partial charge in [-0.3, -0.25) is 0 Å². The Morgan fingerprint density at radius 1 is 1.05 bits per heavy atom. The molecule has 0 aromatic heterocycles. The highest BCUT2D eigenvalue weighted by Crippen LogP contribution is 2.37. The molecule has 1 saturated heterocycles. The highest BCUT2D eigenvalue weighted by Gasteiger charge is 2.52. The van der Waals surface area contributed by atoms with Crippen LogP contribution in [0.4, 0.5) is 8.78 Å². The molecule has 104 valence electrons. The average Bonchev–Trinajstić information content (AvgIpc) is 2.48. The molecule has 1 heterocycles. The van der Waals surface area contributed by atoms with Crippen molar-refractivity contribution in [1.82, 2.24) is 0 Å². The molecule has 2 rings (SSSR count). The van der Waals surface area contributed by atoms with E-state index in [1.807, 2.05) is 27.7 Å². The van der Waals surface area contributed by atoms with Crippen LogP contribution in [0.3, 0.4) is 0 Å². The molecule has 6 heteroatoms. The molecule has 0 spiro atoms. The van der Waals surface area contributed by atoms with Gasteiger partial charge >= 0.3 is 13.7 Å². The summed E-state index contributed by atoms with van der Waals surface area (Å²) in [4.78, 5) is 0. The van der Waals surface area contributed by atoms with Gasteiger partial charge < -0.3 is 14.0 Å². The maximum atomic E-state index is 12.4. The van der Waals surface area contributed by atoms with E-state index in [1.165, 1.54) is 6.07 Å². The summed E-state index contributed by atoms with van der Waals surface area (Å²) < 4.78 is 40.9. The van der Waals surface area contributed by atoms with Gasteiger partial charge in [0.15, 0.2) is 0 Å². The zero-order valence-electron chi connectivity index (χ0n) is 11.4. The van der Waals surface area contributed by atoms with E-state index in [1.54, 1.807) is 18.2 Å². The molecule has 1 aliphatic heterocycles. The minimum Gasteiger partial charge on any atom is -0.435 e. The van der Waals surface area contributed by atoms with Crippen LogP contribution in [0.25, 0.3) is 0 Å². The Hall–Kier alpha value is -1.14. The first-order valence-corrected chi connectivity index (χ1v) is 6.12. The lowest BCUT2D eigenvalue weighted by Gasteiger charge is -2.32. The first kappa shape index (κ1) is 14.3. The molecular weight excluding hydrogens is 253 g/mol. The molecule has 1 aliphatic rings. The minimum absolute atomic E-state index is 0.0796. The van der Waals surface area contributed by atoms with Gasteiger partial charge in [0.2, 0.25) is 0 Å². The second-order valence-corrected chi connectivity index (χ2v) is 5.50. The lowest BCUT2D eigenvalue weighted by molar-refractivity contribution is -0.0492. The highest BCUT2D eigenvalue weighted by atomic mass is 19.3. The van der Waals surface area contributed by atoms with Crippen LogP contribution in [-0.4, -0.2) is 24.9 Å². The maximum Gasteiger partial charge on any atom is 0.498 e. The Bertz CT molecular complexity index is 447. The number of ether oxygens (including phenoxy) is 1. The van der Waals surface area contributed by atoms with Gasteiger partial charge in [0, 0.05) is 5.46 Å². The largest absolute Gasteiger partial charge is 0.498 e. The Balaban J connectivity index is 2.29. The van der Waals surface area contributed by atoms with E-state index in [-0.39, 0.29) is 5.75 Å². The fourth-order valence-electron chi connectivity index (χ4n) is 1.85. The summed E-state index contributed by atoms with van der Waals surface area (Å²) in [5.74, 6) is 0.0796. The lowest BCUT2D eigenvalue weighted by Crippen LogP contribution is -2.41. The van der Waals surface area contributed by atoms with Crippen molar-refractivity contribution in [2.75, 3.05) is 0 Å². The van der Waals surface area contributed by atoms with E-state index >= 15 is 0 Å². The van der Waals surface area contributed by atoms with E-state index < -0.39 is 24.9 Å². The van der Waals surface area contributed by atoms with Gasteiger partial charge in [-0.2, -0.15) is 8.78 Å². The summed E-state index contributed by atoms with van der Waals surface area (Å²) in [5.41, 5.74) is -0.563. The van der Waals surface area contributed by atoms with Crippen molar-refractivity contribution in [3.05, 3.63) is 24.3 Å². The number of hydrogen-bond acceptors (Lipinski definition) is 3. The molecule has 3 nitrogen and oxygen atoms in total. The smallest absolute Gasteiger partial charge is 0.435 e. The van der Waals surface area contributed by atoms with Gasteiger partial charge in [0.05, 0.1) is 11.2 Å². The molecular formula is C13H17BF2O3. The fourth-order valence-corrected chi connectivity index (χ4v) is 1.85. The van der Waals surface area contributed by atoms with Crippen LogP contribution in [0.2, 0.25) is 0 Å². The van der Waals surface area contributed by atoms with Crippen LogP contribution in [0.5, 0.6) is 5.75 Å². The fraction of sp³-hybridized carbons (Fsp3) is 0.538. The Labute approximate surface area is 112 Å². The quantitative estimate of drug-likeness (QED) is 0.790. The number of rotatable bonds is 3. The minimum atomic E-state index is -2.87. The van der Waals surface area contributed by atoms with E-state index in [4.69, 9.17) is 9.31 Å². The molecule has 1 aromatic carbocycles. The molecule has 0 saturated carbocycles. The number of benzene rings is 1. The van der Waals surface area contributed by atoms with Crippen LogP contribution in [0.15, 0.2) is 24.3 Å². The van der Waals surface area contributed by atoms with Crippen molar-refractivity contribution in [3.8, 4) is 5.75 Å². The van der Waals surface area contributed by atoms with E-state index in [9.17, 15) is 8.78 Å². The van der Waals surface area contributed by atoms with Gasteiger partial charge in [0.25, 0.3) is 0 Å². The van der Waals surface area contributed by atoms with Crippen molar-refractivity contribution in [1.29, 1.82) is 0 Å². The highest BCUT2D eigenvalue weighted by molar-refractivity contribution is 6.63. The van der Waals surface area contributed by atoms with Gasteiger partial charge in [-0.15, -0.1) is 0 Å². The predicted molar refractivity (Wildman–Crippen MR) is 68.8 cm³/mol. The molecule has 1 aromatic rings. The maximum absolute atomic E-state index is 12.4. The van der Waals surface area contributed by atoms with Gasteiger partial charge in [-0.25, -0.2) is 0 Å². The molecule has 0 aliphatic carbocycles. The van der Waals surface area contributed by atoms with Crippen LogP contribution in [-0.2, 0) is 9.31 Å². The van der Waals surface area contributed by atoms with E-state index in [0.29, 0.717) is 5.46 Å². The summed E-state index contributed by atoms with van der Waals surface area (Å²) in [6.45, 7) is 4.75. The zero-order valence-corrected chi connectivity index (χ0v) is 11.4. The van der Waals surface area contributed by atoms with Crippen molar-refractivity contribution >= 4 is 12.6 Å². The predicted octanol–water partition coefficient (Wildman–Crippen LogP) is 2.59. The van der Waals surface area contributed by atoms with Crippen molar-refractivity contribution in [2.24, 2.45) is 0 Å². The first-order chi connectivity index (χ1) is 8.73. The lowest BCUT2D eigenvalue weighted by atomic mass is 9.78. The number of alkyl halides is 2. The van der Waals surface area contributed by atoms with Crippen molar-refractivity contribution < 1.29 is 22.8 Å². The van der Waals surface area contributed by atoms with Crippen LogP contribution < -0.4 is 10.2 Å². The molecule has 0 N–H and O–H groups in total. The normalized spacial score (nSPS) is 20.9. The molecule has 0 atom stereocenters. The first-order valence-electron chi connectivity index (χ1n) is 6.12. The SMILES string of the molecule is CC1(C)OB(c2ccccc2OC(F)F)OC1(C)C. The molecule has 1 fully saturated rings. The summed E-state index contributed by atoms with van der Waals surface area (Å²) >= 11 is 0. The van der Waals surface area contributed by atoms with E-state index in [2.05, 4.69) is 4.74 Å². The van der Waals surface area contributed by atoms with Gasteiger partial charge in [0.1, 0.15) is 5.75 Å². The summed E-state index contributed by atoms with van der Waals surface area (Å²) in [5, 5.41) is 0. The van der Waals surface area contributed by atoms with Gasteiger partial charge in [-0.1, -0.05) is 18.2 Å². The molecule has 0 bridgehead atoms. The summed E-state index contributed by atoms with van der Waals surface area (Å²) in [6, 6.07) is 6.51. The molecule has 19 heavy (non-hydrogen) atoms. The Morgan fingerprint density at radius 3 is 2.11 bits per heavy atom. The second-order valence-electron chi connectivity index (χ2n) is 5.50. The Kier molecular flexibility index (Phi) is 3.58. The average molecular weight is 270 g/mol. The zero-order chi connectivity index (χ0) is 14.3. The summed E-state index contributed by atoms with van der Waals surface area (Å²) in [6.07, 6.45) is 0. The van der Waals surface area contributed by atoms with E-state index in [0.717, 1.165) is 0 Å². The van der Waals surface area contributed by atoms with Crippen LogP contribution in [0, 0.1) is 0 Å². The molecule has 0 unspecified atom stereocenters. The third-order valence-corrected chi connectivity index (χ3v) is 3.64. The summed E-state index contributed by atoms with van der Waals surface area (Å²) in [7, 11) is -0.708. The number of halogens is 2. The number of para-hydroxylation sites is 1. The van der Waals surface area contributed by atoms with Crippen molar-refractivity contribution in [3.63, 3.8) is 0 Å². The third-order valence-electron chi connectivity index (χ3n) is 3.64. The third kappa shape index (κ3) is 2.74. The topological polar surface area (TPSA) is 27.7 Å². The Morgan fingerprint density at radius 2 is 1.58 bits per heavy atom. The van der Waals surface area contributed by atoms with Gasteiger partial charge in [-0.05, 0) is 33.8 Å². The number of hydrogen-bond donors (Lipinski definition) is 0. The monoisotopic (exact) mass is 270 g/mol. The second kappa shape index (κ2) is 4.76. The molecule has 0 radical (unpaired) electrons. The van der Waals surface area contributed by atoms with Crippen molar-refractivity contribution in [2.45, 2.75) is 45.5 Å².